The minimum absolute atomic E-state index is 0.534. The molecule has 0 bridgehead atoms. The van der Waals surface area contributed by atoms with E-state index in [4.69, 9.17) is 4.74 Å². The second-order valence-electron chi connectivity index (χ2n) is 3.36. The molecule has 2 aromatic carbocycles. The molecule has 2 rings (SSSR count). The van der Waals surface area contributed by atoms with Crippen molar-refractivity contribution in [2.75, 3.05) is 0 Å². The van der Waals surface area contributed by atoms with Crippen molar-refractivity contribution in [1.29, 1.82) is 0 Å². The third-order valence-corrected chi connectivity index (χ3v) is 3.29. The molecule has 2 aromatic rings. The Morgan fingerprint density at radius 2 is 2.00 bits per heavy atom. The predicted molar refractivity (Wildman–Crippen MR) is 78.8 cm³/mol. The fourth-order valence-corrected chi connectivity index (χ4v) is 2.21. The van der Waals surface area contributed by atoms with Gasteiger partial charge in [-0.05, 0) is 59.0 Å². The van der Waals surface area contributed by atoms with Crippen LogP contribution in [-0.4, -0.2) is 6.29 Å². The molecule has 86 valence electrons. The van der Waals surface area contributed by atoms with Crippen LogP contribution in [0.4, 0.5) is 0 Å². The van der Waals surface area contributed by atoms with Crippen LogP contribution in [0, 0.1) is 3.57 Å². The Hall–Kier alpha value is -0.880. The lowest BCUT2D eigenvalue weighted by molar-refractivity contribution is 0.112. The van der Waals surface area contributed by atoms with Crippen LogP contribution >= 0.6 is 38.5 Å². The average molecular weight is 403 g/mol. The average Bonchev–Trinajstić information content (AvgIpc) is 2.29. The molecule has 0 unspecified atom stereocenters. The van der Waals surface area contributed by atoms with E-state index < -0.39 is 0 Å². The Kier molecular flexibility index (Phi) is 4.17. The van der Waals surface area contributed by atoms with E-state index in [1.54, 1.807) is 12.1 Å². The van der Waals surface area contributed by atoms with Gasteiger partial charge in [-0.3, -0.25) is 4.79 Å². The Morgan fingerprint density at radius 1 is 1.18 bits per heavy atom. The van der Waals surface area contributed by atoms with Crippen LogP contribution in [0.3, 0.4) is 0 Å². The lowest BCUT2D eigenvalue weighted by Gasteiger charge is -2.08. The summed E-state index contributed by atoms with van der Waals surface area (Å²) in [5.74, 6) is 1.27. The van der Waals surface area contributed by atoms with Gasteiger partial charge in [0.15, 0.2) is 6.29 Å². The molecule has 0 saturated heterocycles. The maximum Gasteiger partial charge on any atom is 0.153 e. The fraction of sp³-hybridized carbons (Fsp3) is 0. The summed E-state index contributed by atoms with van der Waals surface area (Å²) >= 11 is 5.57. The topological polar surface area (TPSA) is 26.3 Å². The summed E-state index contributed by atoms with van der Waals surface area (Å²) in [6.07, 6.45) is 0.787. The Morgan fingerprint density at radius 3 is 2.71 bits per heavy atom. The van der Waals surface area contributed by atoms with E-state index in [0.717, 1.165) is 20.1 Å². The quantitative estimate of drug-likeness (QED) is 0.551. The van der Waals surface area contributed by atoms with Gasteiger partial charge in [-0.2, -0.15) is 0 Å². The Balaban J connectivity index is 2.35. The third kappa shape index (κ3) is 3.29. The summed E-state index contributed by atoms with van der Waals surface area (Å²) in [5, 5.41) is 0. The number of rotatable bonds is 3. The third-order valence-electron chi connectivity index (χ3n) is 2.13. The van der Waals surface area contributed by atoms with Gasteiger partial charge in [0.05, 0.1) is 5.56 Å². The normalized spacial score (nSPS) is 10.0. The van der Waals surface area contributed by atoms with Crippen LogP contribution in [0.15, 0.2) is 46.9 Å². The van der Waals surface area contributed by atoms with Gasteiger partial charge in [-0.15, -0.1) is 0 Å². The first kappa shape index (κ1) is 12.6. The molecule has 0 heterocycles. The molecule has 0 aromatic heterocycles. The van der Waals surface area contributed by atoms with E-state index in [2.05, 4.69) is 38.5 Å². The first-order chi connectivity index (χ1) is 8.19. The lowest BCUT2D eigenvalue weighted by atomic mass is 10.2. The van der Waals surface area contributed by atoms with E-state index in [1.807, 2.05) is 30.3 Å². The molecule has 0 spiro atoms. The number of halogens is 2. The molecule has 0 radical (unpaired) electrons. The summed E-state index contributed by atoms with van der Waals surface area (Å²) in [4.78, 5) is 10.9. The van der Waals surface area contributed by atoms with Crippen molar-refractivity contribution in [3.8, 4) is 11.5 Å². The largest absolute Gasteiger partial charge is 0.457 e. The molecule has 0 aliphatic carbocycles. The predicted octanol–water partition coefficient (Wildman–Crippen LogP) is 4.66. The molecule has 0 aliphatic heterocycles. The fourth-order valence-electron chi connectivity index (χ4n) is 1.35. The van der Waals surface area contributed by atoms with Crippen LogP contribution < -0.4 is 4.74 Å². The number of hydrogen-bond donors (Lipinski definition) is 0. The zero-order valence-electron chi connectivity index (χ0n) is 8.69. The van der Waals surface area contributed by atoms with Gasteiger partial charge in [0.25, 0.3) is 0 Å². The highest BCUT2D eigenvalue weighted by atomic mass is 127. The standard InChI is InChI=1S/C13H8BrIO2/c14-10-5-4-9(8-16)13(6-10)17-12-3-1-2-11(15)7-12/h1-8H. The SMILES string of the molecule is O=Cc1ccc(Br)cc1Oc1cccc(I)c1. The maximum atomic E-state index is 10.9. The minimum atomic E-state index is 0.534. The van der Waals surface area contributed by atoms with Gasteiger partial charge in [-0.25, -0.2) is 0 Å². The zero-order valence-corrected chi connectivity index (χ0v) is 12.4. The Labute approximate surface area is 121 Å². The minimum Gasteiger partial charge on any atom is -0.457 e. The van der Waals surface area contributed by atoms with Crippen LogP contribution in [-0.2, 0) is 0 Å². The van der Waals surface area contributed by atoms with Gasteiger partial charge in [-0.1, -0.05) is 22.0 Å². The maximum absolute atomic E-state index is 10.9. The van der Waals surface area contributed by atoms with Gasteiger partial charge in [0, 0.05) is 8.04 Å². The summed E-state index contributed by atoms with van der Waals surface area (Å²) < 4.78 is 7.66. The van der Waals surface area contributed by atoms with Gasteiger partial charge in [0.2, 0.25) is 0 Å². The molecule has 2 nitrogen and oxygen atoms in total. The number of aldehydes is 1. The van der Waals surface area contributed by atoms with Crippen LogP contribution in [0.25, 0.3) is 0 Å². The zero-order chi connectivity index (χ0) is 12.3. The van der Waals surface area contributed by atoms with Gasteiger partial charge < -0.3 is 4.74 Å². The first-order valence-corrected chi connectivity index (χ1v) is 6.74. The number of carbonyl (C=O) groups excluding carboxylic acids is 1. The molecule has 0 atom stereocenters. The van der Waals surface area contributed by atoms with Crippen LogP contribution in [0.5, 0.6) is 11.5 Å². The molecule has 0 N–H and O–H groups in total. The van der Waals surface area contributed by atoms with Gasteiger partial charge >= 0.3 is 0 Å². The highest BCUT2D eigenvalue weighted by Gasteiger charge is 2.05. The highest BCUT2D eigenvalue weighted by molar-refractivity contribution is 14.1. The summed E-state index contributed by atoms with van der Waals surface area (Å²) in [7, 11) is 0. The molecular formula is C13H8BrIO2. The summed E-state index contributed by atoms with van der Waals surface area (Å²) in [6.45, 7) is 0. The second-order valence-corrected chi connectivity index (χ2v) is 5.52. The van der Waals surface area contributed by atoms with Crippen molar-refractivity contribution < 1.29 is 9.53 Å². The first-order valence-electron chi connectivity index (χ1n) is 4.87. The van der Waals surface area contributed by atoms with Crippen molar-refractivity contribution in [3.05, 3.63) is 56.1 Å². The van der Waals surface area contributed by atoms with Gasteiger partial charge in [0.1, 0.15) is 11.5 Å². The lowest BCUT2D eigenvalue weighted by Crippen LogP contribution is -1.90. The van der Waals surface area contributed by atoms with Crippen molar-refractivity contribution >= 4 is 44.8 Å². The second kappa shape index (κ2) is 5.64. The molecular weight excluding hydrogens is 395 g/mol. The highest BCUT2D eigenvalue weighted by Crippen LogP contribution is 2.28. The molecule has 0 saturated carbocycles. The summed E-state index contributed by atoms with van der Waals surface area (Å²) in [5.41, 5.74) is 0.534. The van der Waals surface area contributed by atoms with E-state index in [1.165, 1.54) is 0 Å². The summed E-state index contributed by atoms with van der Waals surface area (Å²) in [6, 6.07) is 13.0. The van der Waals surface area contributed by atoms with E-state index in [9.17, 15) is 4.79 Å². The molecule has 0 aliphatic rings. The van der Waals surface area contributed by atoms with Crippen molar-refractivity contribution in [2.45, 2.75) is 0 Å². The van der Waals surface area contributed by atoms with Crippen molar-refractivity contribution in [3.63, 3.8) is 0 Å². The van der Waals surface area contributed by atoms with Crippen molar-refractivity contribution in [1.82, 2.24) is 0 Å². The number of carbonyl (C=O) groups is 1. The smallest absolute Gasteiger partial charge is 0.153 e. The van der Waals surface area contributed by atoms with Crippen molar-refractivity contribution in [2.24, 2.45) is 0 Å². The van der Waals surface area contributed by atoms with Crippen LogP contribution in [0.1, 0.15) is 10.4 Å². The number of benzene rings is 2. The van der Waals surface area contributed by atoms with Crippen LogP contribution in [0.2, 0.25) is 0 Å². The molecule has 4 heteroatoms. The number of ether oxygens (including phenoxy) is 1. The monoisotopic (exact) mass is 402 g/mol. The molecule has 0 amide bonds. The van der Waals surface area contributed by atoms with E-state index in [-0.39, 0.29) is 0 Å². The Bertz CT molecular complexity index is 555. The molecule has 17 heavy (non-hydrogen) atoms. The number of hydrogen-bond acceptors (Lipinski definition) is 2. The molecule has 0 fully saturated rings. The van der Waals surface area contributed by atoms with E-state index >= 15 is 0 Å². The van der Waals surface area contributed by atoms with E-state index in [0.29, 0.717) is 11.3 Å².